The maximum atomic E-state index is 12.5. The summed E-state index contributed by atoms with van der Waals surface area (Å²) in [7, 11) is -2.69. The SMILES string of the molecule is COc1cc(C=CC(=O)NCc2ccccc2[N+](=O)[O-])ccc1OS(=O)(=O)c1ccc(C)cc1. The number of carbonyl (C=O) groups excluding carboxylic acids is 1. The Kier molecular flexibility index (Phi) is 7.64. The number of hydrogen-bond acceptors (Lipinski definition) is 7. The first-order chi connectivity index (χ1) is 16.2. The van der Waals surface area contributed by atoms with Crippen molar-refractivity contribution in [3.8, 4) is 11.5 Å². The lowest BCUT2D eigenvalue weighted by molar-refractivity contribution is -0.385. The summed E-state index contributed by atoms with van der Waals surface area (Å²) >= 11 is 0. The van der Waals surface area contributed by atoms with Crippen molar-refractivity contribution in [1.82, 2.24) is 5.32 Å². The summed E-state index contributed by atoms with van der Waals surface area (Å²) in [6, 6.07) is 16.9. The van der Waals surface area contributed by atoms with Crippen LogP contribution in [0, 0.1) is 17.0 Å². The van der Waals surface area contributed by atoms with Gasteiger partial charge in [-0.25, -0.2) is 0 Å². The molecule has 1 N–H and O–H groups in total. The van der Waals surface area contributed by atoms with E-state index < -0.39 is 20.9 Å². The molecular weight excluding hydrogens is 460 g/mol. The molecule has 0 fully saturated rings. The smallest absolute Gasteiger partial charge is 0.339 e. The van der Waals surface area contributed by atoms with E-state index in [4.69, 9.17) is 8.92 Å². The monoisotopic (exact) mass is 482 g/mol. The molecule has 34 heavy (non-hydrogen) atoms. The zero-order valence-corrected chi connectivity index (χ0v) is 19.2. The fourth-order valence-electron chi connectivity index (χ4n) is 2.98. The van der Waals surface area contributed by atoms with Crippen LogP contribution in [0.15, 0.2) is 77.7 Å². The van der Waals surface area contributed by atoms with Gasteiger partial charge in [-0.05, 0) is 42.8 Å². The van der Waals surface area contributed by atoms with Crippen LogP contribution < -0.4 is 14.2 Å². The Bertz CT molecular complexity index is 1330. The van der Waals surface area contributed by atoms with Gasteiger partial charge < -0.3 is 14.2 Å². The van der Waals surface area contributed by atoms with Crippen molar-refractivity contribution in [3.05, 3.63) is 99.6 Å². The Hall–Kier alpha value is -4.18. The summed E-state index contributed by atoms with van der Waals surface area (Å²) in [6.45, 7) is 1.84. The van der Waals surface area contributed by atoms with Crippen molar-refractivity contribution >= 4 is 27.8 Å². The Labute approximate surface area is 196 Å². The molecule has 0 spiro atoms. The van der Waals surface area contributed by atoms with Gasteiger partial charge in [0.25, 0.3) is 5.69 Å². The lowest BCUT2D eigenvalue weighted by Crippen LogP contribution is -2.20. The number of nitro groups is 1. The highest BCUT2D eigenvalue weighted by Gasteiger charge is 2.19. The summed E-state index contributed by atoms with van der Waals surface area (Å²) in [5.41, 5.74) is 1.77. The van der Waals surface area contributed by atoms with Gasteiger partial charge in [-0.2, -0.15) is 8.42 Å². The molecule has 3 aromatic carbocycles. The quantitative estimate of drug-likeness (QED) is 0.211. The lowest BCUT2D eigenvalue weighted by Gasteiger charge is -2.11. The number of hydrogen-bond donors (Lipinski definition) is 1. The summed E-state index contributed by atoms with van der Waals surface area (Å²) in [6.07, 6.45) is 2.75. The second-order valence-corrected chi connectivity index (χ2v) is 8.74. The van der Waals surface area contributed by atoms with Crippen molar-refractivity contribution < 1.29 is 27.1 Å². The van der Waals surface area contributed by atoms with Crippen molar-refractivity contribution in [3.63, 3.8) is 0 Å². The third kappa shape index (κ3) is 6.20. The van der Waals surface area contributed by atoms with Crippen LogP contribution in [0.5, 0.6) is 11.5 Å². The highest BCUT2D eigenvalue weighted by Crippen LogP contribution is 2.31. The van der Waals surface area contributed by atoms with Crippen LogP contribution >= 0.6 is 0 Å². The molecule has 0 aliphatic carbocycles. The van der Waals surface area contributed by atoms with E-state index in [0.717, 1.165) is 5.56 Å². The fourth-order valence-corrected chi connectivity index (χ4v) is 3.92. The van der Waals surface area contributed by atoms with E-state index in [9.17, 15) is 23.3 Å². The van der Waals surface area contributed by atoms with Crippen molar-refractivity contribution in [1.29, 1.82) is 0 Å². The minimum absolute atomic E-state index is 0.000985. The number of benzene rings is 3. The largest absolute Gasteiger partial charge is 0.493 e. The van der Waals surface area contributed by atoms with Gasteiger partial charge in [-0.15, -0.1) is 0 Å². The molecule has 176 valence electrons. The normalized spacial score (nSPS) is 11.2. The van der Waals surface area contributed by atoms with E-state index in [0.29, 0.717) is 11.1 Å². The maximum absolute atomic E-state index is 12.5. The minimum Gasteiger partial charge on any atom is -0.493 e. The Morgan fingerprint density at radius 3 is 2.44 bits per heavy atom. The van der Waals surface area contributed by atoms with Gasteiger partial charge in [0, 0.05) is 24.3 Å². The number of ether oxygens (including phenoxy) is 1. The zero-order chi connectivity index (χ0) is 24.7. The van der Waals surface area contributed by atoms with Gasteiger partial charge in [-0.3, -0.25) is 14.9 Å². The molecular formula is C24H22N2O7S. The molecule has 0 aromatic heterocycles. The van der Waals surface area contributed by atoms with Gasteiger partial charge in [0.15, 0.2) is 11.5 Å². The van der Waals surface area contributed by atoms with Gasteiger partial charge in [-0.1, -0.05) is 42.0 Å². The first-order valence-corrected chi connectivity index (χ1v) is 11.5. The van der Waals surface area contributed by atoms with E-state index in [1.54, 1.807) is 36.4 Å². The maximum Gasteiger partial charge on any atom is 0.339 e. The zero-order valence-electron chi connectivity index (χ0n) is 18.4. The standard InChI is InChI=1S/C24H22N2O7S/c1-17-7-11-20(12-8-17)34(30,31)33-22-13-9-18(15-23(22)32-2)10-14-24(27)25-16-19-5-3-4-6-21(19)26(28)29/h3-15H,16H2,1-2H3,(H,25,27). The van der Waals surface area contributed by atoms with Crippen molar-refractivity contribution in [2.24, 2.45) is 0 Å². The van der Waals surface area contributed by atoms with Crippen LogP contribution in [-0.4, -0.2) is 26.4 Å². The van der Waals surface area contributed by atoms with Gasteiger partial charge in [0.2, 0.25) is 5.91 Å². The second-order valence-electron chi connectivity index (χ2n) is 7.20. The second kappa shape index (κ2) is 10.6. The summed E-state index contributed by atoms with van der Waals surface area (Å²) in [5.74, 6) is -0.293. The van der Waals surface area contributed by atoms with Gasteiger partial charge in [0.05, 0.1) is 12.0 Å². The molecule has 0 heterocycles. The average Bonchev–Trinajstić information content (AvgIpc) is 2.82. The molecule has 0 bridgehead atoms. The van der Waals surface area contributed by atoms with Crippen LogP contribution in [0.4, 0.5) is 5.69 Å². The molecule has 0 aliphatic rings. The van der Waals surface area contributed by atoms with Crippen molar-refractivity contribution in [2.75, 3.05) is 7.11 Å². The van der Waals surface area contributed by atoms with E-state index in [1.807, 2.05) is 6.92 Å². The number of nitro benzene ring substituents is 1. The summed E-state index contributed by atoms with van der Waals surface area (Å²) in [4.78, 5) is 22.7. The molecule has 9 nitrogen and oxygen atoms in total. The number of carbonyl (C=O) groups is 1. The van der Waals surface area contributed by atoms with Gasteiger partial charge >= 0.3 is 10.1 Å². The molecule has 0 atom stereocenters. The number of nitrogens with one attached hydrogen (secondary N) is 1. The first kappa shape index (κ1) is 24.5. The summed E-state index contributed by atoms with van der Waals surface area (Å²) in [5, 5.41) is 13.7. The van der Waals surface area contributed by atoms with E-state index in [1.165, 1.54) is 49.6 Å². The average molecular weight is 483 g/mol. The molecule has 0 saturated carbocycles. The molecule has 0 saturated heterocycles. The molecule has 1 amide bonds. The lowest BCUT2D eigenvalue weighted by atomic mass is 10.1. The van der Waals surface area contributed by atoms with E-state index in [-0.39, 0.29) is 28.6 Å². The number of para-hydroxylation sites is 1. The topological polar surface area (TPSA) is 125 Å². The van der Waals surface area contributed by atoms with Crippen LogP contribution in [0.25, 0.3) is 6.08 Å². The third-order valence-electron chi connectivity index (χ3n) is 4.77. The van der Waals surface area contributed by atoms with E-state index in [2.05, 4.69) is 5.32 Å². The number of rotatable bonds is 9. The number of amides is 1. The van der Waals surface area contributed by atoms with Crippen LogP contribution in [-0.2, 0) is 21.5 Å². The highest BCUT2D eigenvalue weighted by molar-refractivity contribution is 7.87. The molecule has 0 radical (unpaired) electrons. The molecule has 0 aliphatic heterocycles. The predicted octanol–water partition coefficient (Wildman–Crippen LogP) is 4.01. The molecule has 0 unspecified atom stereocenters. The molecule has 3 rings (SSSR count). The number of nitrogens with zero attached hydrogens (tertiary/aromatic N) is 1. The first-order valence-electron chi connectivity index (χ1n) is 10.1. The Balaban J connectivity index is 1.68. The molecule has 3 aromatic rings. The van der Waals surface area contributed by atoms with Gasteiger partial charge in [0.1, 0.15) is 4.90 Å². The number of methoxy groups -OCH3 is 1. The van der Waals surface area contributed by atoms with Crippen molar-refractivity contribution in [2.45, 2.75) is 18.4 Å². The van der Waals surface area contributed by atoms with Crippen LogP contribution in [0.1, 0.15) is 16.7 Å². The Morgan fingerprint density at radius 1 is 1.06 bits per heavy atom. The van der Waals surface area contributed by atoms with Crippen LogP contribution in [0.3, 0.4) is 0 Å². The molecule has 10 heteroatoms. The summed E-state index contributed by atoms with van der Waals surface area (Å²) < 4.78 is 35.6. The fraction of sp³-hybridized carbons (Fsp3) is 0.125. The highest BCUT2D eigenvalue weighted by atomic mass is 32.2. The van der Waals surface area contributed by atoms with Crippen LogP contribution in [0.2, 0.25) is 0 Å². The van der Waals surface area contributed by atoms with E-state index >= 15 is 0 Å². The minimum atomic E-state index is -4.05. The predicted molar refractivity (Wildman–Crippen MR) is 126 cm³/mol. The Morgan fingerprint density at radius 2 is 1.76 bits per heavy atom. The number of aryl methyl sites for hydroxylation is 1. The third-order valence-corrected chi connectivity index (χ3v) is 6.01.